The van der Waals surface area contributed by atoms with E-state index in [-0.39, 0.29) is 17.6 Å². The molecule has 0 fully saturated rings. The van der Waals surface area contributed by atoms with Gasteiger partial charge in [0.2, 0.25) is 0 Å². The summed E-state index contributed by atoms with van der Waals surface area (Å²) in [6.45, 7) is 2.16. The number of aromatic nitrogens is 2. The van der Waals surface area contributed by atoms with Crippen LogP contribution in [0.5, 0.6) is 0 Å². The van der Waals surface area contributed by atoms with Gasteiger partial charge >= 0.3 is 11.9 Å². The minimum atomic E-state index is -4.50. The maximum Gasteiger partial charge on any atom is 0.418 e. The number of benzene rings is 2. The lowest BCUT2D eigenvalue weighted by Gasteiger charge is -2.08. The van der Waals surface area contributed by atoms with Gasteiger partial charge in [0.1, 0.15) is 0 Å². The highest BCUT2D eigenvalue weighted by atomic mass is 19.4. The van der Waals surface area contributed by atoms with Crippen molar-refractivity contribution < 1.29 is 13.2 Å². The Hall–Kier alpha value is -2.50. The van der Waals surface area contributed by atoms with Crippen molar-refractivity contribution in [1.82, 2.24) is 9.55 Å². The molecule has 1 heterocycles. The molecule has 0 bridgehead atoms. The number of nitrogens with one attached hydrogen (secondary N) is 1. The van der Waals surface area contributed by atoms with Crippen molar-refractivity contribution in [3.8, 4) is 0 Å². The summed E-state index contributed by atoms with van der Waals surface area (Å²) in [6, 6.07) is 11.3. The number of hydrogen-bond acceptors (Lipinski definition) is 1. The summed E-state index contributed by atoms with van der Waals surface area (Å²) in [7, 11) is 0. The van der Waals surface area contributed by atoms with E-state index in [9.17, 15) is 18.0 Å². The number of H-pyrrole nitrogens is 1. The normalized spacial score (nSPS) is 12.0. The summed E-state index contributed by atoms with van der Waals surface area (Å²) >= 11 is 0. The predicted molar refractivity (Wildman–Crippen MR) is 77.8 cm³/mol. The van der Waals surface area contributed by atoms with E-state index in [1.165, 1.54) is 16.7 Å². The van der Waals surface area contributed by atoms with E-state index >= 15 is 0 Å². The summed E-state index contributed by atoms with van der Waals surface area (Å²) in [4.78, 5) is 14.4. The van der Waals surface area contributed by atoms with Crippen molar-refractivity contribution in [3.63, 3.8) is 0 Å². The molecule has 0 atom stereocenters. The molecule has 3 aromatic rings. The first-order chi connectivity index (χ1) is 10.4. The van der Waals surface area contributed by atoms with Gasteiger partial charge in [-0.15, -0.1) is 0 Å². The molecule has 0 saturated carbocycles. The molecule has 0 spiro atoms. The Bertz CT molecular complexity index is 873. The van der Waals surface area contributed by atoms with Crippen LogP contribution in [0.2, 0.25) is 0 Å². The zero-order valence-electron chi connectivity index (χ0n) is 11.7. The molecule has 3 nitrogen and oxygen atoms in total. The van der Waals surface area contributed by atoms with Gasteiger partial charge in [0, 0.05) is 0 Å². The van der Waals surface area contributed by atoms with Crippen molar-refractivity contribution in [1.29, 1.82) is 0 Å². The number of rotatable bonds is 2. The average molecular weight is 306 g/mol. The number of para-hydroxylation sites is 1. The largest absolute Gasteiger partial charge is 0.418 e. The zero-order chi connectivity index (χ0) is 15.9. The van der Waals surface area contributed by atoms with E-state index in [4.69, 9.17) is 0 Å². The first-order valence-corrected chi connectivity index (χ1v) is 6.70. The molecule has 0 amide bonds. The highest BCUT2D eigenvalue weighted by Gasteiger charge is 2.33. The second kappa shape index (κ2) is 5.05. The van der Waals surface area contributed by atoms with Gasteiger partial charge in [-0.2, -0.15) is 13.2 Å². The van der Waals surface area contributed by atoms with Gasteiger partial charge in [-0.25, -0.2) is 4.79 Å². The lowest BCUT2D eigenvalue weighted by Crippen LogP contribution is -2.17. The van der Waals surface area contributed by atoms with Gasteiger partial charge in [-0.3, -0.25) is 4.57 Å². The fraction of sp³-hybridized carbons (Fsp3) is 0.188. The quantitative estimate of drug-likeness (QED) is 0.770. The Morgan fingerprint density at radius 1 is 1.09 bits per heavy atom. The first-order valence-electron chi connectivity index (χ1n) is 6.70. The molecular formula is C16H13F3N2O. The highest BCUT2D eigenvalue weighted by Crippen LogP contribution is 2.33. The fourth-order valence-corrected chi connectivity index (χ4v) is 2.45. The van der Waals surface area contributed by atoms with Crippen LogP contribution in [0.4, 0.5) is 13.2 Å². The Kier molecular flexibility index (Phi) is 3.31. The number of nitrogens with zero attached hydrogens (tertiary/aromatic N) is 1. The third kappa shape index (κ3) is 2.52. The molecule has 0 aliphatic rings. The molecule has 0 saturated heterocycles. The SMILES string of the molecule is Cc1ccc(Cn2c(=O)[nH]c3c(C(F)(F)F)cccc32)cc1. The maximum absolute atomic E-state index is 13.0. The van der Waals surface area contributed by atoms with Crippen LogP contribution in [0.15, 0.2) is 47.3 Å². The Labute approximate surface area is 124 Å². The van der Waals surface area contributed by atoms with Gasteiger partial charge in [-0.05, 0) is 24.6 Å². The minimum absolute atomic E-state index is 0.174. The number of aromatic amines is 1. The molecule has 0 unspecified atom stereocenters. The number of aryl methyl sites for hydroxylation is 1. The number of alkyl halides is 3. The molecule has 22 heavy (non-hydrogen) atoms. The van der Waals surface area contributed by atoms with E-state index in [2.05, 4.69) is 4.98 Å². The molecule has 2 aromatic carbocycles. The van der Waals surface area contributed by atoms with Crippen LogP contribution in [-0.4, -0.2) is 9.55 Å². The topological polar surface area (TPSA) is 37.8 Å². The van der Waals surface area contributed by atoms with Crippen LogP contribution in [-0.2, 0) is 12.7 Å². The lowest BCUT2D eigenvalue weighted by molar-refractivity contribution is -0.136. The van der Waals surface area contributed by atoms with Crippen LogP contribution >= 0.6 is 0 Å². The third-order valence-corrected chi connectivity index (χ3v) is 3.58. The molecule has 1 N–H and O–H groups in total. The van der Waals surface area contributed by atoms with Gasteiger partial charge < -0.3 is 4.98 Å². The molecule has 114 valence electrons. The zero-order valence-corrected chi connectivity index (χ0v) is 11.7. The number of imidazole rings is 1. The molecular weight excluding hydrogens is 293 g/mol. The molecule has 0 aliphatic heterocycles. The van der Waals surface area contributed by atoms with Crippen molar-refractivity contribution in [3.05, 3.63) is 69.6 Å². The number of hydrogen-bond donors (Lipinski definition) is 1. The Morgan fingerprint density at radius 2 is 1.77 bits per heavy atom. The smallest absolute Gasteiger partial charge is 0.305 e. The second-order valence-corrected chi connectivity index (χ2v) is 5.20. The Balaban J connectivity index is 2.13. The van der Waals surface area contributed by atoms with Gasteiger partial charge in [0.15, 0.2) is 0 Å². The van der Waals surface area contributed by atoms with Crippen molar-refractivity contribution in [2.45, 2.75) is 19.6 Å². The van der Waals surface area contributed by atoms with Crippen LogP contribution in [0.25, 0.3) is 11.0 Å². The predicted octanol–water partition coefficient (Wildman–Crippen LogP) is 3.71. The van der Waals surface area contributed by atoms with Gasteiger partial charge in [-0.1, -0.05) is 35.9 Å². The van der Waals surface area contributed by atoms with Crippen molar-refractivity contribution in [2.75, 3.05) is 0 Å². The first kappa shape index (κ1) is 14.4. The van der Waals surface area contributed by atoms with E-state index in [1.807, 2.05) is 31.2 Å². The summed E-state index contributed by atoms with van der Waals surface area (Å²) in [5.74, 6) is 0. The van der Waals surface area contributed by atoms with E-state index in [1.54, 1.807) is 0 Å². The van der Waals surface area contributed by atoms with Gasteiger partial charge in [0.25, 0.3) is 0 Å². The van der Waals surface area contributed by atoms with Crippen molar-refractivity contribution in [2.24, 2.45) is 0 Å². The summed E-state index contributed by atoms with van der Waals surface area (Å²) in [5.41, 5.74) is 0.630. The molecule has 3 rings (SSSR count). The van der Waals surface area contributed by atoms with Crippen LogP contribution in [0, 0.1) is 6.92 Å². The van der Waals surface area contributed by atoms with E-state index in [0.717, 1.165) is 17.2 Å². The van der Waals surface area contributed by atoms with Crippen LogP contribution in [0.1, 0.15) is 16.7 Å². The highest BCUT2D eigenvalue weighted by molar-refractivity contribution is 5.79. The van der Waals surface area contributed by atoms with Crippen molar-refractivity contribution >= 4 is 11.0 Å². The standard InChI is InChI=1S/C16H13F3N2O/c1-10-5-7-11(8-6-10)9-21-13-4-2-3-12(16(17,18)19)14(13)20-15(21)22/h2-8H,9H2,1H3,(H,20,22). The summed E-state index contributed by atoms with van der Waals surface area (Å²) in [5, 5.41) is 0. The second-order valence-electron chi connectivity index (χ2n) is 5.20. The molecule has 1 aromatic heterocycles. The van der Waals surface area contributed by atoms with Crippen LogP contribution < -0.4 is 5.69 Å². The monoisotopic (exact) mass is 306 g/mol. The third-order valence-electron chi connectivity index (χ3n) is 3.58. The molecule has 6 heteroatoms. The van der Waals surface area contributed by atoms with E-state index in [0.29, 0.717) is 0 Å². The Morgan fingerprint density at radius 3 is 2.41 bits per heavy atom. The average Bonchev–Trinajstić information content (AvgIpc) is 2.76. The lowest BCUT2D eigenvalue weighted by atomic mass is 10.1. The van der Waals surface area contributed by atoms with Crippen LogP contribution in [0.3, 0.4) is 0 Å². The maximum atomic E-state index is 13.0. The van der Waals surface area contributed by atoms with Gasteiger partial charge in [0.05, 0.1) is 23.1 Å². The number of fused-ring (bicyclic) bond motifs is 1. The number of halogens is 3. The molecule has 0 radical (unpaired) electrons. The summed E-state index contributed by atoms with van der Waals surface area (Å²) in [6.07, 6.45) is -4.50. The summed E-state index contributed by atoms with van der Waals surface area (Å²) < 4.78 is 40.3. The molecule has 0 aliphatic carbocycles. The minimum Gasteiger partial charge on any atom is -0.305 e. The van der Waals surface area contributed by atoms with E-state index < -0.39 is 17.4 Å². The fourth-order valence-electron chi connectivity index (χ4n) is 2.45.